The van der Waals surface area contributed by atoms with E-state index < -0.39 is 20.2 Å². The number of nitrogens with zero attached hydrogens (tertiary/aromatic N) is 2. The normalized spacial score (nSPS) is 15.2. The minimum atomic E-state index is -3.88. The smallest absolute Gasteiger partial charge is 0.475 e. The van der Waals surface area contributed by atoms with Crippen molar-refractivity contribution in [1.29, 1.82) is 0 Å². The minimum absolute atomic E-state index is 0.0488. The molecule has 0 radical (unpaired) electrons. The van der Waals surface area contributed by atoms with Crippen LogP contribution in [0, 0.1) is 5.82 Å². The van der Waals surface area contributed by atoms with Crippen LogP contribution in [0.5, 0.6) is 5.75 Å². The Kier molecular flexibility index (Phi) is 9.88. The van der Waals surface area contributed by atoms with Crippen LogP contribution < -0.4 is 15.4 Å². The first kappa shape index (κ1) is 28.9. The molecule has 2 heterocycles. The summed E-state index contributed by atoms with van der Waals surface area (Å²) in [5.74, 6) is 2.00. The summed E-state index contributed by atoms with van der Waals surface area (Å²) in [5.41, 5.74) is 1.32. The van der Waals surface area contributed by atoms with Crippen LogP contribution in [0.2, 0.25) is 5.02 Å². The van der Waals surface area contributed by atoms with E-state index in [9.17, 15) is 13.8 Å². The lowest BCUT2D eigenvalue weighted by molar-refractivity contribution is 0.129. The number of carbonyl (C=O) groups excluding carboxylic acids is 1. The molecule has 3 aromatic rings. The van der Waals surface area contributed by atoms with Gasteiger partial charge < -0.3 is 20.1 Å². The van der Waals surface area contributed by atoms with Gasteiger partial charge in [0.2, 0.25) is 0 Å². The zero-order valence-corrected chi connectivity index (χ0v) is 22.9. The van der Waals surface area contributed by atoms with Gasteiger partial charge in [0.05, 0.1) is 42.7 Å². The molecule has 11 nitrogen and oxygen atoms in total. The number of aromatic nitrogens is 2. The minimum Gasteiger partial charge on any atom is -0.486 e. The summed E-state index contributed by atoms with van der Waals surface area (Å²) in [5, 5.41) is 6.55. The number of phosphoric acid groups is 1. The first-order valence-electron chi connectivity index (χ1n) is 12.1. The number of halogens is 2. The van der Waals surface area contributed by atoms with Crippen molar-refractivity contribution in [1.82, 2.24) is 9.97 Å². The van der Waals surface area contributed by atoms with Crippen molar-refractivity contribution in [3.8, 4) is 5.75 Å². The molecule has 0 bridgehead atoms. The highest BCUT2D eigenvalue weighted by molar-refractivity contribution is 7.48. The lowest BCUT2D eigenvalue weighted by Gasteiger charge is -2.20. The molecule has 0 amide bonds. The van der Waals surface area contributed by atoms with Crippen molar-refractivity contribution in [2.24, 2.45) is 0 Å². The van der Waals surface area contributed by atoms with Crippen LogP contribution in [0.4, 0.5) is 21.6 Å². The van der Waals surface area contributed by atoms with Crippen molar-refractivity contribution < 1.29 is 36.8 Å². The number of benzene rings is 2. The molecule has 2 aromatic carbocycles. The Morgan fingerprint density at radius 1 is 1.21 bits per heavy atom. The fraction of sp³-hybridized carbons (Fsp3) is 0.360. The molecular weight excluding hydrogens is 554 g/mol. The van der Waals surface area contributed by atoms with Crippen molar-refractivity contribution in [3.63, 3.8) is 0 Å². The summed E-state index contributed by atoms with van der Waals surface area (Å²) in [7, 11) is -3.88. The van der Waals surface area contributed by atoms with Crippen LogP contribution in [-0.2, 0) is 27.7 Å². The average molecular weight is 581 g/mol. The predicted octanol–water partition coefficient (Wildman–Crippen LogP) is 5.66. The third kappa shape index (κ3) is 7.52. The van der Waals surface area contributed by atoms with E-state index in [0.29, 0.717) is 53.5 Å². The Labute approximate surface area is 229 Å². The van der Waals surface area contributed by atoms with E-state index in [-0.39, 0.29) is 30.0 Å². The molecule has 1 aliphatic heterocycles. The maximum absolute atomic E-state index is 13.6. The zero-order valence-electron chi connectivity index (χ0n) is 21.2. The molecule has 0 spiro atoms. The Hall–Kier alpha value is -3.08. The van der Waals surface area contributed by atoms with E-state index in [0.717, 1.165) is 0 Å². The second-order valence-corrected chi connectivity index (χ2v) is 10.3. The number of fused-ring (bicyclic) bond motifs is 1. The van der Waals surface area contributed by atoms with E-state index in [4.69, 9.17) is 34.6 Å². The second-order valence-electron chi connectivity index (χ2n) is 8.21. The molecule has 1 aliphatic rings. The van der Waals surface area contributed by atoms with Crippen molar-refractivity contribution in [2.75, 3.05) is 43.7 Å². The van der Waals surface area contributed by atoms with Gasteiger partial charge in [-0.15, -0.1) is 0 Å². The summed E-state index contributed by atoms with van der Waals surface area (Å²) < 4.78 is 53.5. The molecular formula is C25H27ClFN4O7P. The van der Waals surface area contributed by atoms with Crippen LogP contribution in [0.25, 0.3) is 10.9 Å². The van der Waals surface area contributed by atoms with Crippen LogP contribution in [0.1, 0.15) is 20.3 Å². The van der Waals surface area contributed by atoms with Gasteiger partial charge >= 0.3 is 7.82 Å². The van der Waals surface area contributed by atoms with Gasteiger partial charge in [0.15, 0.2) is 0 Å². The third-order valence-electron chi connectivity index (χ3n) is 5.45. The highest BCUT2D eigenvalue weighted by Crippen LogP contribution is 2.49. The second kappa shape index (κ2) is 13.3. The first-order valence-corrected chi connectivity index (χ1v) is 14.0. The van der Waals surface area contributed by atoms with Gasteiger partial charge in [0.1, 0.15) is 48.1 Å². The number of hydrogen-bond acceptors (Lipinski definition) is 11. The van der Waals surface area contributed by atoms with Gasteiger partial charge in [-0.1, -0.05) is 11.6 Å². The molecule has 4 rings (SSSR count). The van der Waals surface area contributed by atoms with Gasteiger partial charge in [-0.05, 0) is 38.1 Å². The van der Waals surface area contributed by atoms with Gasteiger partial charge in [-0.25, -0.2) is 23.7 Å². The molecule has 1 fully saturated rings. The molecule has 0 aliphatic carbocycles. The Morgan fingerprint density at radius 2 is 2.00 bits per heavy atom. The molecule has 1 aromatic heterocycles. The largest absolute Gasteiger partial charge is 0.486 e. The molecule has 0 saturated carbocycles. The first-order chi connectivity index (χ1) is 18.8. The topological polar surface area (TPSA) is 130 Å². The lowest BCUT2D eigenvalue weighted by atomic mass is 10.1. The average Bonchev–Trinajstić information content (AvgIpc) is 3.42. The Balaban J connectivity index is 1.67. The van der Waals surface area contributed by atoms with Crippen molar-refractivity contribution >= 4 is 53.5 Å². The molecule has 1 atom stereocenters. The van der Waals surface area contributed by atoms with Crippen LogP contribution >= 0.6 is 19.4 Å². The van der Waals surface area contributed by atoms with Crippen LogP contribution in [-0.4, -0.2) is 55.0 Å². The van der Waals surface area contributed by atoms with Gasteiger partial charge in [0.25, 0.3) is 0 Å². The maximum atomic E-state index is 13.6. The van der Waals surface area contributed by atoms with E-state index in [1.54, 1.807) is 31.9 Å². The SMILES string of the molecule is CCOP(=O)(OCC)OCC(=C=O)Nc1cc2c(Nc3ccc(F)c(Cl)c3)ncnc2cc1O[C@H]1CCOC1. The molecule has 2 N–H and O–H groups in total. The number of rotatable bonds is 13. The quantitative estimate of drug-likeness (QED) is 0.192. The summed E-state index contributed by atoms with van der Waals surface area (Å²) >= 11 is 5.93. The molecule has 39 heavy (non-hydrogen) atoms. The van der Waals surface area contributed by atoms with E-state index >= 15 is 0 Å². The van der Waals surface area contributed by atoms with Gasteiger partial charge in [-0.3, -0.25) is 13.6 Å². The Morgan fingerprint density at radius 3 is 2.67 bits per heavy atom. The van der Waals surface area contributed by atoms with Crippen LogP contribution in [0.3, 0.4) is 0 Å². The lowest BCUT2D eigenvalue weighted by Crippen LogP contribution is -2.17. The van der Waals surface area contributed by atoms with E-state index in [1.165, 1.54) is 24.5 Å². The Bertz CT molecular complexity index is 1410. The summed E-state index contributed by atoms with van der Waals surface area (Å²) in [4.78, 5) is 20.5. The standard InChI is InChI=1S/C25H27ClFN4O7P/c1-3-35-39(33,36-4-2)37-13-17(12-32)30-23-10-19-22(11-24(23)38-18-7-8-34-14-18)28-15-29-25(19)31-16-5-6-21(27)20(26)9-16/h5-6,9-11,15,18,30H,3-4,7-8,13-14H2,1-2H3,(H,28,29,31)/t18-/m0/s1. The fourth-order valence-electron chi connectivity index (χ4n) is 3.70. The molecule has 14 heteroatoms. The van der Waals surface area contributed by atoms with Gasteiger partial charge in [0, 0.05) is 23.6 Å². The molecule has 0 unspecified atom stereocenters. The van der Waals surface area contributed by atoms with E-state index in [2.05, 4.69) is 20.6 Å². The summed E-state index contributed by atoms with van der Waals surface area (Å²) in [6.45, 7) is 4.00. The third-order valence-corrected chi connectivity index (χ3v) is 7.33. The number of hydrogen-bond donors (Lipinski definition) is 2. The van der Waals surface area contributed by atoms with Crippen molar-refractivity contribution in [3.05, 3.63) is 53.2 Å². The molecule has 208 valence electrons. The molecule has 1 saturated heterocycles. The van der Waals surface area contributed by atoms with Gasteiger partial charge in [-0.2, -0.15) is 0 Å². The summed E-state index contributed by atoms with van der Waals surface area (Å²) in [6.07, 6.45) is 1.85. The highest BCUT2D eigenvalue weighted by atomic mass is 35.5. The monoisotopic (exact) mass is 580 g/mol. The number of nitrogens with one attached hydrogen (secondary N) is 2. The van der Waals surface area contributed by atoms with Crippen molar-refractivity contribution in [2.45, 2.75) is 26.4 Å². The number of phosphoric ester groups is 1. The summed E-state index contributed by atoms with van der Waals surface area (Å²) in [6, 6.07) is 7.55. The number of ether oxygens (including phenoxy) is 2. The number of anilines is 3. The maximum Gasteiger partial charge on any atom is 0.475 e. The predicted molar refractivity (Wildman–Crippen MR) is 144 cm³/mol. The van der Waals surface area contributed by atoms with Crippen LogP contribution in [0.15, 0.2) is 42.4 Å². The highest BCUT2D eigenvalue weighted by Gasteiger charge is 2.27. The zero-order chi connectivity index (χ0) is 27.8. The van der Waals surface area contributed by atoms with E-state index in [1.807, 2.05) is 0 Å². The fourth-order valence-corrected chi connectivity index (χ4v) is 5.02.